The Bertz CT molecular complexity index is 608. The van der Waals surface area contributed by atoms with Gasteiger partial charge in [0.1, 0.15) is 5.75 Å². The highest BCUT2D eigenvalue weighted by Gasteiger charge is 2.17. The zero-order valence-corrected chi connectivity index (χ0v) is 16.4. The Kier molecular flexibility index (Phi) is 7.72. The van der Waals surface area contributed by atoms with Gasteiger partial charge in [-0.2, -0.15) is 0 Å². The van der Waals surface area contributed by atoms with Crippen LogP contribution in [0.3, 0.4) is 0 Å². The van der Waals surface area contributed by atoms with Crippen molar-refractivity contribution >= 4 is 10.0 Å². The molecule has 0 amide bonds. The van der Waals surface area contributed by atoms with E-state index in [0.717, 1.165) is 43.3 Å². The molecule has 2 unspecified atom stereocenters. The molecular formula is C19H32N2O3S. The molecule has 1 aromatic carbocycles. The van der Waals surface area contributed by atoms with Gasteiger partial charge in [0.15, 0.2) is 0 Å². The Morgan fingerprint density at radius 1 is 1.24 bits per heavy atom. The van der Waals surface area contributed by atoms with Crippen molar-refractivity contribution in [2.75, 3.05) is 26.2 Å². The first kappa shape index (κ1) is 20.2. The monoisotopic (exact) mass is 368 g/mol. The molecule has 2 N–H and O–H groups in total. The maximum atomic E-state index is 11.8. The molecular weight excluding hydrogens is 336 g/mol. The number of benzene rings is 1. The van der Waals surface area contributed by atoms with Crippen molar-refractivity contribution in [1.82, 2.24) is 10.0 Å². The predicted molar refractivity (Wildman–Crippen MR) is 103 cm³/mol. The summed E-state index contributed by atoms with van der Waals surface area (Å²) in [5.74, 6) is 1.72. The highest BCUT2D eigenvalue weighted by atomic mass is 32.2. The van der Waals surface area contributed by atoms with Crippen LogP contribution in [0.5, 0.6) is 5.75 Å². The van der Waals surface area contributed by atoms with Gasteiger partial charge >= 0.3 is 0 Å². The fourth-order valence-electron chi connectivity index (χ4n) is 2.93. The number of nitrogens with one attached hydrogen (secondary N) is 2. The summed E-state index contributed by atoms with van der Waals surface area (Å²) >= 11 is 0. The van der Waals surface area contributed by atoms with Crippen molar-refractivity contribution in [1.29, 1.82) is 0 Å². The SMILES string of the molecule is CC(CNS(=O)(=O)C(C)C)c1ccc(OCCC2CCCNC2)cc1. The summed E-state index contributed by atoms with van der Waals surface area (Å²) in [6.45, 7) is 8.79. The lowest BCUT2D eigenvalue weighted by atomic mass is 9.97. The predicted octanol–water partition coefficient (Wildman–Crippen LogP) is 2.89. The molecule has 1 aromatic rings. The van der Waals surface area contributed by atoms with Crippen LogP contribution in [0.4, 0.5) is 0 Å². The molecule has 0 spiro atoms. The smallest absolute Gasteiger partial charge is 0.213 e. The van der Waals surface area contributed by atoms with Gasteiger partial charge in [-0.1, -0.05) is 19.1 Å². The molecule has 0 radical (unpaired) electrons. The Hall–Kier alpha value is -1.11. The molecule has 2 rings (SSSR count). The lowest BCUT2D eigenvalue weighted by Crippen LogP contribution is -2.33. The summed E-state index contributed by atoms with van der Waals surface area (Å²) in [5, 5.41) is 3.02. The van der Waals surface area contributed by atoms with Gasteiger partial charge in [-0.3, -0.25) is 0 Å². The number of rotatable bonds is 9. The summed E-state index contributed by atoms with van der Waals surface area (Å²) < 4.78 is 32.2. The average molecular weight is 369 g/mol. The highest BCUT2D eigenvalue weighted by molar-refractivity contribution is 7.90. The number of hydrogen-bond donors (Lipinski definition) is 2. The summed E-state index contributed by atoms with van der Waals surface area (Å²) in [5.41, 5.74) is 1.11. The van der Waals surface area contributed by atoms with Gasteiger partial charge in [-0.05, 0) is 75.7 Å². The zero-order chi connectivity index (χ0) is 18.3. The third-order valence-corrected chi connectivity index (χ3v) is 6.66. The Balaban J connectivity index is 1.76. The Morgan fingerprint density at radius 3 is 2.56 bits per heavy atom. The summed E-state index contributed by atoms with van der Waals surface area (Å²) in [4.78, 5) is 0. The van der Waals surface area contributed by atoms with E-state index in [0.29, 0.717) is 6.54 Å². The molecule has 6 heteroatoms. The van der Waals surface area contributed by atoms with Gasteiger partial charge in [-0.25, -0.2) is 13.1 Å². The maximum Gasteiger partial charge on any atom is 0.213 e. The number of piperidine rings is 1. The number of hydrogen-bond acceptors (Lipinski definition) is 4. The maximum absolute atomic E-state index is 11.8. The van der Waals surface area contributed by atoms with Crippen LogP contribution in [-0.2, 0) is 10.0 Å². The van der Waals surface area contributed by atoms with Crippen LogP contribution in [0.1, 0.15) is 51.5 Å². The van der Waals surface area contributed by atoms with E-state index < -0.39 is 15.3 Å². The third kappa shape index (κ3) is 6.60. The van der Waals surface area contributed by atoms with Gasteiger partial charge in [0.05, 0.1) is 11.9 Å². The fourth-order valence-corrected chi connectivity index (χ4v) is 3.75. The number of ether oxygens (including phenoxy) is 1. The molecule has 2 atom stereocenters. The molecule has 1 fully saturated rings. The molecule has 1 saturated heterocycles. The van der Waals surface area contributed by atoms with E-state index in [1.807, 2.05) is 31.2 Å². The standard InChI is InChI=1S/C19H32N2O3S/c1-15(2)25(22,23)21-13-16(3)18-6-8-19(9-7-18)24-12-10-17-5-4-11-20-14-17/h6-9,15-17,20-21H,4-5,10-14H2,1-3H3. The quantitative estimate of drug-likeness (QED) is 0.703. The fraction of sp³-hybridized carbons (Fsp3) is 0.684. The van der Waals surface area contributed by atoms with E-state index in [2.05, 4.69) is 10.0 Å². The average Bonchev–Trinajstić information content (AvgIpc) is 2.61. The minimum Gasteiger partial charge on any atom is -0.494 e. The molecule has 0 bridgehead atoms. The number of sulfonamides is 1. The normalized spacial score (nSPS) is 19.8. The van der Waals surface area contributed by atoms with E-state index in [-0.39, 0.29) is 5.92 Å². The molecule has 1 heterocycles. The first-order valence-electron chi connectivity index (χ1n) is 9.30. The van der Waals surface area contributed by atoms with Gasteiger partial charge in [-0.15, -0.1) is 0 Å². The van der Waals surface area contributed by atoms with E-state index in [1.165, 1.54) is 12.8 Å². The Morgan fingerprint density at radius 2 is 1.96 bits per heavy atom. The van der Waals surface area contributed by atoms with Crippen molar-refractivity contribution < 1.29 is 13.2 Å². The second-order valence-electron chi connectivity index (χ2n) is 7.26. The summed E-state index contributed by atoms with van der Waals surface area (Å²) in [7, 11) is -3.21. The van der Waals surface area contributed by atoms with E-state index in [9.17, 15) is 8.42 Å². The molecule has 0 aromatic heterocycles. The molecule has 142 valence electrons. The molecule has 1 aliphatic rings. The van der Waals surface area contributed by atoms with Crippen LogP contribution in [0.25, 0.3) is 0 Å². The Labute approximate surface area is 152 Å². The first-order chi connectivity index (χ1) is 11.9. The highest BCUT2D eigenvalue weighted by Crippen LogP contribution is 2.20. The van der Waals surface area contributed by atoms with E-state index in [1.54, 1.807) is 13.8 Å². The second-order valence-corrected chi connectivity index (χ2v) is 9.58. The van der Waals surface area contributed by atoms with E-state index >= 15 is 0 Å². The van der Waals surface area contributed by atoms with E-state index in [4.69, 9.17) is 4.74 Å². The van der Waals surface area contributed by atoms with Crippen LogP contribution < -0.4 is 14.8 Å². The van der Waals surface area contributed by atoms with Gasteiger partial charge in [0.2, 0.25) is 10.0 Å². The van der Waals surface area contributed by atoms with Crippen LogP contribution in [-0.4, -0.2) is 39.9 Å². The molecule has 5 nitrogen and oxygen atoms in total. The largest absolute Gasteiger partial charge is 0.494 e. The van der Waals surface area contributed by atoms with Crippen LogP contribution in [0, 0.1) is 5.92 Å². The van der Waals surface area contributed by atoms with Crippen LogP contribution >= 0.6 is 0 Å². The summed E-state index contributed by atoms with van der Waals surface area (Å²) in [6.07, 6.45) is 3.64. The third-order valence-electron chi connectivity index (χ3n) is 4.85. The minimum absolute atomic E-state index is 0.121. The van der Waals surface area contributed by atoms with Crippen molar-refractivity contribution in [3.63, 3.8) is 0 Å². The zero-order valence-electron chi connectivity index (χ0n) is 15.6. The lowest BCUT2D eigenvalue weighted by molar-refractivity contribution is 0.254. The van der Waals surface area contributed by atoms with Crippen LogP contribution in [0.2, 0.25) is 0 Å². The van der Waals surface area contributed by atoms with Gasteiger partial charge < -0.3 is 10.1 Å². The van der Waals surface area contributed by atoms with Crippen LogP contribution in [0.15, 0.2) is 24.3 Å². The second kappa shape index (κ2) is 9.55. The topological polar surface area (TPSA) is 67.4 Å². The van der Waals surface area contributed by atoms with Crippen molar-refractivity contribution in [2.24, 2.45) is 5.92 Å². The molecule has 25 heavy (non-hydrogen) atoms. The van der Waals surface area contributed by atoms with Gasteiger partial charge in [0, 0.05) is 6.54 Å². The van der Waals surface area contributed by atoms with Gasteiger partial charge in [0.25, 0.3) is 0 Å². The van der Waals surface area contributed by atoms with Crippen molar-refractivity contribution in [3.8, 4) is 5.75 Å². The molecule has 0 saturated carbocycles. The molecule has 0 aliphatic carbocycles. The molecule has 1 aliphatic heterocycles. The lowest BCUT2D eigenvalue weighted by Gasteiger charge is -2.22. The van der Waals surface area contributed by atoms with Crippen molar-refractivity contribution in [2.45, 2.75) is 51.2 Å². The van der Waals surface area contributed by atoms with Crippen molar-refractivity contribution in [3.05, 3.63) is 29.8 Å². The summed E-state index contributed by atoms with van der Waals surface area (Å²) in [6, 6.07) is 7.99. The minimum atomic E-state index is -3.21. The first-order valence-corrected chi connectivity index (χ1v) is 10.8.